The van der Waals surface area contributed by atoms with Crippen molar-refractivity contribution >= 4 is 23.2 Å². The van der Waals surface area contributed by atoms with Crippen LogP contribution in [-0.2, 0) is 0 Å². The summed E-state index contributed by atoms with van der Waals surface area (Å²) in [5, 5.41) is 13.8. The van der Waals surface area contributed by atoms with Crippen molar-refractivity contribution in [2.24, 2.45) is 0 Å². The van der Waals surface area contributed by atoms with Gasteiger partial charge in [-0.1, -0.05) is 29.3 Å². The van der Waals surface area contributed by atoms with Gasteiger partial charge in [-0.15, -0.1) is 0 Å². The van der Waals surface area contributed by atoms with Crippen LogP contribution in [0.4, 0.5) is 5.69 Å². The molecule has 0 saturated heterocycles. The number of ether oxygens (including phenoxy) is 1. The smallest absolute Gasteiger partial charge is 0.270 e. The molecule has 0 aliphatic rings. The molecular formula is C17H17ClN2O4. The number of nitro groups is 1. The molecule has 0 spiro atoms. The van der Waals surface area contributed by atoms with Crippen molar-refractivity contribution in [1.82, 2.24) is 5.32 Å². The number of carbonyl (C=O) groups excluding carboxylic acids is 1. The SMILES string of the molecule is COc1ccc(C)cc1C(C)NC(=O)c1cc([N+](=O)[O-])ccc1Cl. The van der Waals surface area contributed by atoms with Crippen LogP contribution in [0.5, 0.6) is 5.75 Å². The van der Waals surface area contributed by atoms with Crippen molar-refractivity contribution in [3.8, 4) is 5.75 Å². The summed E-state index contributed by atoms with van der Waals surface area (Å²) >= 11 is 6.00. The summed E-state index contributed by atoms with van der Waals surface area (Å²) < 4.78 is 5.32. The molecular weight excluding hydrogens is 332 g/mol. The molecule has 2 rings (SSSR count). The quantitative estimate of drug-likeness (QED) is 0.652. The number of amides is 1. The molecule has 1 unspecified atom stereocenters. The fraction of sp³-hybridized carbons (Fsp3) is 0.235. The Morgan fingerprint density at radius 3 is 2.62 bits per heavy atom. The normalized spacial score (nSPS) is 11.7. The second-order valence-electron chi connectivity index (χ2n) is 5.36. The average Bonchev–Trinajstić information content (AvgIpc) is 2.54. The summed E-state index contributed by atoms with van der Waals surface area (Å²) in [6, 6.07) is 9.06. The molecule has 0 aliphatic heterocycles. The maximum atomic E-state index is 12.4. The van der Waals surface area contributed by atoms with Crippen LogP contribution in [-0.4, -0.2) is 17.9 Å². The molecule has 1 atom stereocenters. The highest BCUT2D eigenvalue weighted by molar-refractivity contribution is 6.33. The van der Waals surface area contributed by atoms with Crippen LogP contribution in [0.15, 0.2) is 36.4 Å². The van der Waals surface area contributed by atoms with Gasteiger partial charge in [-0.3, -0.25) is 14.9 Å². The number of nitrogens with zero attached hydrogens (tertiary/aromatic N) is 1. The molecule has 2 aromatic carbocycles. The van der Waals surface area contributed by atoms with E-state index in [4.69, 9.17) is 16.3 Å². The molecule has 1 N–H and O–H groups in total. The first-order valence-electron chi connectivity index (χ1n) is 7.23. The lowest BCUT2D eigenvalue weighted by atomic mass is 10.0. The standard InChI is InChI=1S/C17H17ClN2O4/c1-10-4-7-16(24-3)13(8-10)11(2)19-17(21)14-9-12(20(22)23)5-6-15(14)18/h4-9,11H,1-3H3,(H,19,21). The Morgan fingerprint density at radius 2 is 2.00 bits per heavy atom. The van der Waals surface area contributed by atoms with Crippen molar-refractivity contribution in [2.75, 3.05) is 7.11 Å². The molecule has 0 radical (unpaired) electrons. The highest BCUT2D eigenvalue weighted by Gasteiger charge is 2.19. The summed E-state index contributed by atoms with van der Waals surface area (Å²) in [4.78, 5) is 22.7. The largest absolute Gasteiger partial charge is 0.496 e. The first-order chi connectivity index (χ1) is 11.3. The lowest BCUT2D eigenvalue weighted by Crippen LogP contribution is -2.27. The number of carbonyl (C=O) groups is 1. The fourth-order valence-electron chi connectivity index (χ4n) is 2.35. The number of benzene rings is 2. The predicted octanol–water partition coefficient (Wildman–Crippen LogP) is 4.06. The Balaban J connectivity index is 2.28. The number of aryl methyl sites for hydroxylation is 1. The summed E-state index contributed by atoms with van der Waals surface area (Å²) in [7, 11) is 1.56. The van der Waals surface area contributed by atoms with Gasteiger partial charge >= 0.3 is 0 Å². The minimum absolute atomic E-state index is 0.0596. The number of methoxy groups -OCH3 is 1. The Kier molecular flexibility index (Phi) is 5.41. The van der Waals surface area contributed by atoms with Gasteiger partial charge in [0.25, 0.3) is 11.6 Å². The van der Waals surface area contributed by atoms with Gasteiger partial charge in [-0.05, 0) is 26.0 Å². The van der Waals surface area contributed by atoms with Gasteiger partial charge in [0, 0.05) is 17.7 Å². The number of hydrogen-bond donors (Lipinski definition) is 1. The molecule has 0 fully saturated rings. The summed E-state index contributed by atoms with van der Waals surface area (Å²) in [5.41, 5.74) is 1.71. The highest BCUT2D eigenvalue weighted by Crippen LogP contribution is 2.27. The van der Waals surface area contributed by atoms with E-state index in [0.717, 1.165) is 17.2 Å². The van der Waals surface area contributed by atoms with E-state index in [2.05, 4.69) is 5.32 Å². The fourth-order valence-corrected chi connectivity index (χ4v) is 2.55. The lowest BCUT2D eigenvalue weighted by Gasteiger charge is -2.18. The predicted molar refractivity (Wildman–Crippen MR) is 91.7 cm³/mol. The van der Waals surface area contributed by atoms with Crippen LogP contribution in [0.2, 0.25) is 5.02 Å². The van der Waals surface area contributed by atoms with E-state index in [-0.39, 0.29) is 22.3 Å². The minimum atomic E-state index is -0.569. The van der Waals surface area contributed by atoms with Crippen molar-refractivity contribution in [3.63, 3.8) is 0 Å². The van der Waals surface area contributed by atoms with Gasteiger partial charge in [-0.2, -0.15) is 0 Å². The van der Waals surface area contributed by atoms with Crippen LogP contribution < -0.4 is 10.1 Å². The zero-order valence-corrected chi connectivity index (χ0v) is 14.3. The molecule has 0 aromatic heterocycles. The molecule has 0 aliphatic carbocycles. The van der Waals surface area contributed by atoms with Crippen LogP contribution in [0.3, 0.4) is 0 Å². The Labute approximate surface area is 144 Å². The zero-order chi connectivity index (χ0) is 17.9. The van der Waals surface area contributed by atoms with E-state index in [1.54, 1.807) is 14.0 Å². The second kappa shape index (κ2) is 7.31. The van der Waals surface area contributed by atoms with E-state index < -0.39 is 10.8 Å². The second-order valence-corrected chi connectivity index (χ2v) is 5.77. The lowest BCUT2D eigenvalue weighted by molar-refractivity contribution is -0.384. The van der Waals surface area contributed by atoms with Crippen molar-refractivity contribution < 1.29 is 14.5 Å². The monoisotopic (exact) mass is 348 g/mol. The third kappa shape index (κ3) is 3.83. The van der Waals surface area contributed by atoms with E-state index in [9.17, 15) is 14.9 Å². The Bertz CT molecular complexity index is 792. The van der Waals surface area contributed by atoms with Gasteiger partial charge in [-0.25, -0.2) is 0 Å². The number of hydrogen-bond acceptors (Lipinski definition) is 4. The van der Waals surface area contributed by atoms with Crippen LogP contribution in [0.1, 0.15) is 34.5 Å². The number of nitro benzene ring substituents is 1. The van der Waals surface area contributed by atoms with Gasteiger partial charge in [0.15, 0.2) is 0 Å². The summed E-state index contributed by atoms with van der Waals surface area (Å²) in [5.74, 6) is 0.165. The molecule has 126 valence electrons. The molecule has 0 saturated carbocycles. The molecule has 6 nitrogen and oxygen atoms in total. The third-order valence-electron chi connectivity index (χ3n) is 3.60. The third-order valence-corrected chi connectivity index (χ3v) is 3.93. The van der Waals surface area contributed by atoms with Crippen LogP contribution in [0.25, 0.3) is 0 Å². The van der Waals surface area contributed by atoms with Gasteiger partial charge in [0.2, 0.25) is 0 Å². The van der Waals surface area contributed by atoms with Crippen molar-refractivity contribution in [1.29, 1.82) is 0 Å². The van der Waals surface area contributed by atoms with Gasteiger partial charge in [0.05, 0.1) is 28.7 Å². The topological polar surface area (TPSA) is 81.5 Å². The summed E-state index contributed by atoms with van der Waals surface area (Å²) in [6.07, 6.45) is 0. The summed E-state index contributed by atoms with van der Waals surface area (Å²) in [6.45, 7) is 3.75. The molecule has 1 amide bonds. The van der Waals surface area contributed by atoms with Crippen LogP contribution >= 0.6 is 11.6 Å². The molecule has 2 aromatic rings. The highest BCUT2D eigenvalue weighted by atomic mass is 35.5. The van der Waals surface area contributed by atoms with E-state index >= 15 is 0 Å². The average molecular weight is 349 g/mol. The Hall–Kier alpha value is -2.60. The molecule has 0 heterocycles. The molecule has 0 bridgehead atoms. The first kappa shape index (κ1) is 17.7. The van der Waals surface area contributed by atoms with E-state index in [1.807, 2.05) is 25.1 Å². The van der Waals surface area contributed by atoms with E-state index in [0.29, 0.717) is 5.75 Å². The van der Waals surface area contributed by atoms with Crippen LogP contribution in [0, 0.1) is 17.0 Å². The van der Waals surface area contributed by atoms with Crippen molar-refractivity contribution in [3.05, 3.63) is 68.2 Å². The van der Waals surface area contributed by atoms with Gasteiger partial charge in [0.1, 0.15) is 5.75 Å². The van der Waals surface area contributed by atoms with Gasteiger partial charge < -0.3 is 10.1 Å². The Morgan fingerprint density at radius 1 is 1.29 bits per heavy atom. The number of nitrogens with one attached hydrogen (secondary N) is 1. The number of halogens is 1. The molecule has 24 heavy (non-hydrogen) atoms. The number of rotatable bonds is 5. The molecule has 7 heteroatoms. The van der Waals surface area contributed by atoms with E-state index in [1.165, 1.54) is 12.1 Å². The minimum Gasteiger partial charge on any atom is -0.496 e. The first-order valence-corrected chi connectivity index (χ1v) is 7.60. The van der Waals surface area contributed by atoms with Crippen molar-refractivity contribution in [2.45, 2.75) is 19.9 Å². The maximum absolute atomic E-state index is 12.4. The number of non-ortho nitro benzene ring substituents is 1. The maximum Gasteiger partial charge on any atom is 0.270 e. The zero-order valence-electron chi connectivity index (χ0n) is 13.5.